The zero-order valence-corrected chi connectivity index (χ0v) is 5.55. The number of hydrogen-bond donors (Lipinski definition) is 2. The number of hydrogen-bond acceptors (Lipinski definition) is 3. The van der Waals surface area contributed by atoms with Gasteiger partial charge in [0.1, 0.15) is 0 Å². The van der Waals surface area contributed by atoms with Crippen molar-refractivity contribution in [1.29, 1.82) is 0 Å². The summed E-state index contributed by atoms with van der Waals surface area (Å²) < 4.78 is 0. The molecule has 0 radical (unpaired) electrons. The summed E-state index contributed by atoms with van der Waals surface area (Å²) in [6.07, 6.45) is 0. The molecular weight excluding hydrogens is 104 g/mol. The molecule has 0 saturated heterocycles. The fourth-order valence-corrected chi connectivity index (χ4v) is 0.258. The molecule has 0 spiro atoms. The normalized spacial score (nSPS) is 12.8. The van der Waals surface area contributed by atoms with E-state index in [1.165, 1.54) is 5.12 Å². The second kappa shape index (κ2) is 2.41. The predicted molar refractivity (Wildman–Crippen MR) is 33.6 cm³/mol. The van der Waals surface area contributed by atoms with Crippen LogP contribution in [0.3, 0.4) is 0 Å². The average Bonchev–Trinajstić information content (AvgIpc) is 1.62. The van der Waals surface area contributed by atoms with Crippen molar-refractivity contribution in [2.75, 3.05) is 7.05 Å². The molecule has 0 atom stereocenters. The molecule has 0 aliphatic carbocycles. The third-order valence-corrected chi connectivity index (χ3v) is 0.806. The van der Waals surface area contributed by atoms with Crippen LogP contribution in [0.2, 0.25) is 0 Å². The molecule has 0 fully saturated rings. The quantitative estimate of drug-likeness (QED) is 0.298. The summed E-state index contributed by atoms with van der Waals surface area (Å²) in [4.78, 5) is 0. The first-order valence-electron chi connectivity index (χ1n) is 2.42. The van der Waals surface area contributed by atoms with Gasteiger partial charge in [0.25, 0.3) is 0 Å². The molecule has 0 saturated carbocycles. The van der Waals surface area contributed by atoms with Gasteiger partial charge in [0.2, 0.25) is 0 Å². The van der Waals surface area contributed by atoms with Crippen LogP contribution >= 0.6 is 0 Å². The SMILES string of the molecule is C[N-]N(N)C(C)(C)N. The molecule has 0 amide bonds. The van der Waals surface area contributed by atoms with Crippen molar-refractivity contribution >= 4 is 0 Å². The maximum Gasteiger partial charge on any atom is 0.0584 e. The van der Waals surface area contributed by atoms with Crippen molar-refractivity contribution in [2.45, 2.75) is 19.5 Å². The molecule has 0 aromatic heterocycles. The van der Waals surface area contributed by atoms with E-state index in [0.717, 1.165) is 0 Å². The van der Waals surface area contributed by atoms with Crippen molar-refractivity contribution in [2.24, 2.45) is 11.6 Å². The molecule has 0 bridgehead atoms. The summed E-state index contributed by atoms with van der Waals surface area (Å²) in [6, 6.07) is 0. The summed E-state index contributed by atoms with van der Waals surface area (Å²) in [5.74, 6) is 5.29. The lowest BCUT2D eigenvalue weighted by Gasteiger charge is -2.40. The van der Waals surface area contributed by atoms with Crippen LogP contribution in [0, 0.1) is 0 Å². The van der Waals surface area contributed by atoms with Gasteiger partial charge in [0, 0.05) is 0 Å². The zero-order valence-electron chi connectivity index (χ0n) is 5.55. The predicted octanol–water partition coefficient (Wildman–Crippen LogP) is -0.225. The fourth-order valence-electron chi connectivity index (χ4n) is 0.258. The molecule has 0 aromatic carbocycles. The van der Waals surface area contributed by atoms with E-state index in [1.807, 2.05) is 0 Å². The van der Waals surface area contributed by atoms with E-state index in [2.05, 4.69) is 5.43 Å². The van der Waals surface area contributed by atoms with Crippen LogP contribution in [0.1, 0.15) is 13.8 Å². The van der Waals surface area contributed by atoms with Crippen molar-refractivity contribution in [1.82, 2.24) is 5.12 Å². The summed E-state index contributed by atoms with van der Waals surface area (Å²) in [5.41, 5.74) is 8.60. The molecule has 4 N–H and O–H groups in total. The minimum atomic E-state index is -0.547. The Morgan fingerprint density at radius 1 is 1.50 bits per heavy atom. The van der Waals surface area contributed by atoms with Crippen LogP contribution in [0.15, 0.2) is 0 Å². The monoisotopic (exact) mass is 117 g/mol. The maximum absolute atomic E-state index is 5.50. The van der Waals surface area contributed by atoms with E-state index in [9.17, 15) is 0 Å². The van der Waals surface area contributed by atoms with Gasteiger partial charge < -0.3 is 16.3 Å². The van der Waals surface area contributed by atoms with Crippen molar-refractivity contribution in [3.8, 4) is 0 Å². The summed E-state index contributed by atoms with van der Waals surface area (Å²) in [6.45, 7) is 3.56. The van der Waals surface area contributed by atoms with E-state index < -0.39 is 5.66 Å². The highest BCUT2D eigenvalue weighted by Crippen LogP contribution is 2.02. The topological polar surface area (TPSA) is 69.4 Å². The Bertz CT molecular complexity index is 64.9. The Morgan fingerprint density at radius 3 is 1.88 bits per heavy atom. The van der Waals surface area contributed by atoms with Gasteiger partial charge >= 0.3 is 0 Å². The highest BCUT2D eigenvalue weighted by Gasteiger charge is 2.08. The first kappa shape index (κ1) is 7.84. The standard InChI is InChI=1S/C4H13N4/c1-4(2,5)8(6)7-3/h5-6H2,1-3H3/q-1. The average molecular weight is 117 g/mol. The van der Waals surface area contributed by atoms with E-state index in [1.54, 1.807) is 20.9 Å². The lowest BCUT2D eigenvalue weighted by atomic mass is 10.3. The second-order valence-electron chi connectivity index (χ2n) is 2.20. The lowest BCUT2D eigenvalue weighted by molar-refractivity contribution is 0.179. The molecule has 0 aliphatic heterocycles. The maximum atomic E-state index is 5.50. The van der Waals surface area contributed by atoms with Gasteiger partial charge in [-0.05, 0) is 13.8 Å². The Labute approximate surface area is 49.8 Å². The van der Waals surface area contributed by atoms with Gasteiger partial charge in [-0.1, -0.05) is 0 Å². The van der Waals surface area contributed by atoms with Crippen molar-refractivity contribution in [3.63, 3.8) is 0 Å². The highest BCUT2D eigenvalue weighted by molar-refractivity contribution is 4.75. The van der Waals surface area contributed by atoms with E-state index in [4.69, 9.17) is 11.6 Å². The molecule has 0 heterocycles. The van der Waals surface area contributed by atoms with Gasteiger partial charge in [-0.2, -0.15) is 7.05 Å². The largest absolute Gasteiger partial charge is 0.581 e. The molecular formula is C4H13N4-. The Kier molecular flexibility index (Phi) is 2.36. The lowest BCUT2D eigenvalue weighted by Crippen LogP contribution is -2.52. The summed E-state index contributed by atoms with van der Waals surface area (Å²) >= 11 is 0. The minimum absolute atomic E-state index is 0.547. The van der Waals surface area contributed by atoms with Crippen LogP contribution in [0.5, 0.6) is 0 Å². The first-order chi connectivity index (χ1) is 3.48. The molecule has 0 rings (SSSR count). The Hall–Kier alpha value is -0.160. The van der Waals surface area contributed by atoms with Crippen LogP contribution < -0.4 is 11.6 Å². The van der Waals surface area contributed by atoms with Crippen LogP contribution in [-0.4, -0.2) is 17.8 Å². The minimum Gasteiger partial charge on any atom is -0.581 e. The van der Waals surface area contributed by atoms with Gasteiger partial charge in [-0.25, -0.2) is 0 Å². The molecule has 0 unspecified atom stereocenters. The van der Waals surface area contributed by atoms with Gasteiger partial charge in [-0.15, -0.1) is 0 Å². The Balaban J connectivity index is 3.62. The summed E-state index contributed by atoms with van der Waals surface area (Å²) in [7, 11) is 1.59. The smallest absolute Gasteiger partial charge is 0.0584 e. The van der Waals surface area contributed by atoms with Crippen molar-refractivity contribution < 1.29 is 0 Å². The number of nitrogens with zero attached hydrogens (tertiary/aromatic N) is 2. The van der Waals surface area contributed by atoms with Crippen LogP contribution in [0.25, 0.3) is 5.43 Å². The van der Waals surface area contributed by atoms with E-state index >= 15 is 0 Å². The second-order valence-corrected chi connectivity index (χ2v) is 2.20. The number of hydrazine groups is 1. The molecule has 4 nitrogen and oxygen atoms in total. The van der Waals surface area contributed by atoms with Crippen molar-refractivity contribution in [3.05, 3.63) is 5.43 Å². The first-order valence-corrected chi connectivity index (χ1v) is 2.42. The zero-order chi connectivity index (χ0) is 6.78. The molecule has 8 heavy (non-hydrogen) atoms. The molecule has 0 aliphatic rings. The van der Waals surface area contributed by atoms with Gasteiger partial charge in [0.15, 0.2) is 0 Å². The highest BCUT2D eigenvalue weighted by atomic mass is 15.7. The van der Waals surface area contributed by atoms with Gasteiger partial charge in [-0.3, -0.25) is 5.84 Å². The van der Waals surface area contributed by atoms with Crippen LogP contribution in [0.4, 0.5) is 0 Å². The molecule has 0 aromatic rings. The summed E-state index contributed by atoms with van der Waals surface area (Å²) in [5, 5.41) is 1.22. The van der Waals surface area contributed by atoms with Gasteiger partial charge in [0.05, 0.1) is 5.66 Å². The molecule has 4 heteroatoms. The number of rotatable bonds is 2. The Morgan fingerprint density at radius 2 is 1.88 bits per heavy atom. The third-order valence-electron chi connectivity index (χ3n) is 0.806. The van der Waals surface area contributed by atoms with E-state index in [-0.39, 0.29) is 0 Å². The van der Waals surface area contributed by atoms with Crippen LogP contribution in [-0.2, 0) is 0 Å². The molecule has 50 valence electrons. The third kappa shape index (κ3) is 2.23. The number of nitrogens with two attached hydrogens (primary N) is 2. The van der Waals surface area contributed by atoms with E-state index in [0.29, 0.717) is 0 Å². The fraction of sp³-hybridized carbons (Fsp3) is 1.00.